The number of hydrogen-bond acceptors (Lipinski definition) is 3. The third kappa shape index (κ3) is 1.97. The fourth-order valence-corrected chi connectivity index (χ4v) is 2.49. The van der Waals surface area contributed by atoms with Crippen LogP contribution in [-0.2, 0) is 4.79 Å². The molecule has 1 fully saturated rings. The summed E-state index contributed by atoms with van der Waals surface area (Å²) in [5.74, 6) is 0.516. The van der Waals surface area contributed by atoms with Crippen LogP contribution >= 0.6 is 0 Å². The summed E-state index contributed by atoms with van der Waals surface area (Å²) in [5, 5.41) is 7.75. The summed E-state index contributed by atoms with van der Waals surface area (Å²) in [6, 6.07) is 0.320. The molecule has 1 amide bonds. The summed E-state index contributed by atoms with van der Waals surface area (Å²) in [6.07, 6.45) is 10.8. The molecule has 2 heterocycles. The molecule has 1 aromatic heterocycles. The average molecular weight is 232 g/mol. The van der Waals surface area contributed by atoms with Crippen molar-refractivity contribution >= 4 is 5.91 Å². The van der Waals surface area contributed by atoms with Crippen LogP contribution in [0.2, 0.25) is 0 Å². The molecule has 0 N–H and O–H groups in total. The molecule has 90 valence electrons. The Balaban J connectivity index is 1.55. The average Bonchev–Trinajstić information content (AvgIpc) is 2.82. The Morgan fingerprint density at radius 2 is 2.18 bits per heavy atom. The maximum absolute atomic E-state index is 12.1. The van der Waals surface area contributed by atoms with E-state index in [-0.39, 0.29) is 5.92 Å². The van der Waals surface area contributed by atoms with Gasteiger partial charge in [-0.2, -0.15) is 0 Å². The minimum Gasteiger partial charge on any atom is -0.338 e. The van der Waals surface area contributed by atoms with Crippen LogP contribution < -0.4 is 0 Å². The third-order valence-corrected chi connectivity index (χ3v) is 3.61. The molecule has 5 nitrogen and oxygen atoms in total. The fraction of sp³-hybridized carbons (Fsp3) is 0.583. The van der Waals surface area contributed by atoms with Crippen molar-refractivity contribution in [3.63, 3.8) is 0 Å². The summed E-state index contributed by atoms with van der Waals surface area (Å²) in [7, 11) is 0. The van der Waals surface area contributed by atoms with E-state index in [4.69, 9.17) is 0 Å². The lowest BCUT2D eigenvalue weighted by atomic mass is 9.91. The van der Waals surface area contributed by atoms with Crippen molar-refractivity contribution in [3.8, 4) is 0 Å². The predicted molar refractivity (Wildman–Crippen MR) is 62.1 cm³/mol. The largest absolute Gasteiger partial charge is 0.338 e. The Hall–Kier alpha value is -1.65. The number of carbonyl (C=O) groups excluding carboxylic acids is 1. The van der Waals surface area contributed by atoms with Crippen molar-refractivity contribution in [3.05, 3.63) is 24.5 Å². The Bertz CT molecular complexity index is 420. The monoisotopic (exact) mass is 232 g/mol. The molecule has 1 unspecified atom stereocenters. The molecule has 1 aliphatic heterocycles. The zero-order chi connectivity index (χ0) is 11.7. The number of hydrogen-bond donors (Lipinski definition) is 0. The molecule has 0 spiro atoms. The van der Waals surface area contributed by atoms with Crippen molar-refractivity contribution < 1.29 is 4.79 Å². The topological polar surface area (TPSA) is 51.0 Å². The molecule has 1 saturated heterocycles. The van der Waals surface area contributed by atoms with Gasteiger partial charge in [0.15, 0.2) is 0 Å². The highest BCUT2D eigenvalue weighted by Crippen LogP contribution is 2.26. The second kappa shape index (κ2) is 4.31. The van der Waals surface area contributed by atoms with E-state index in [2.05, 4.69) is 22.5 Å². The highest BCUT2D eigenvalue weighted by Gasteiger charge is 2.35. The standard InChI is InChI=1S/C12H16N4O/c17-12(10-4-2-1-3-5-10)15-8-11(9-15)16-7-6-13-14-16/h1-2,6-7,10-11H,3-5,8-9H2. The summed E-state index contributed by atoms with van der Waals surface area (Å²) in [4.78, 5) is 14.1. The molecular weight excluding hydrogens is 216 g/mol. The van der Waals surface area contributed by atoms with Crippen LogP contribution in [0.4, 0.5) is 0 Å². The van der Waals surface area contributed by atoms with Gasteiger partial charge in [-0.25, -0.2) is 4.68 Å². The van der Waals surface area contributed by atoms with Gasteiger partial charge in [0, 0.05) is 25.2 Å². The number of nitrogens with zero attached hydrogens (tertiary/aromatic N) is 4. The van der Waals surface area contributed by atoms with Gasteiger partial charge in [-0.1, -0.05) is 17.4 Å². The molecule has 1 aromatic rings. The highest BCUT2D eigenvalue weighted by atomic mass is 16.2. The molecule has 2 aliphatic rings. The Morgan fingerprint density at radius 1 is 1.29 bits per heavy atom. The SMILES string of the molecule is O=C(C1CC=CCC1)N1CC(n2ccnn2)C1. The third-order valence-electron chi connectivity index (χ3n) is 3.61. The van der Waals surface area contributed by atoms with E-state index >= 15 is 0 Å². The molecule has 0 radical (unpaired) electrons. The van der Waals surface area contributed by atoms with Crippen LogP contribution in [0.5, 0.6) is 0 Å². The van der Waals surface area contributed by atoms with E-state index in [1.807, 2.05) is 15.8 Å². The molecule has 0 saturated carbocycles. The van der Waals surface area contributed by atoms with Gasteiger partial charge in [0.25, 0.3) is 0 Å². The minimum absolute atomic E-state index is 0.205. The van der Waals surface area contributed by atoms with Gasteiger partial charge in [-0.3, -0.25) is 4.79 Å². The van der Waals surface area contributed by atoms with Crippen LogP contribution in [0.15, 0.2) is 24.5 Å². The molecule has 5 heteroatoms. The predicted octanol–water partition coefficient (Wildman–Crippen LogP) is 1.02. The number of likely N-dealkylation sites (tertiary alicyclic amines) is 1. The van der Waals surface area contributed by atoms with Crippen LogP contribution in [-0.4, -0.2) is 38.9 Å². The lowest BCUT2D eigenvalue weighted by molar-refractivity contribution is -0.141. The smallest absolute Gasteiger partial charge is 0.226 e. The second-order valence-electron chi connectivity index (χ2n) is 4.76. The van der Waals surface area contributed by atoms with Crippen LogP contribution in [0.1, 0.15) is 25.3 Å². The zero-order valence-electron chi connectivity index (χ0n) is 9.70. The van der Waals surface area contributed by atoms with E-state index in [1.54, 1.807) is 6.20 Å². The summed E-state index contributed by atoms with van der Waals surface area (Å²) < 4.78 is 1.84. The van der Waals surface area contributed by atoms with Crippen molar-refractivity contribution in [2.45, 2.75) is 25.3 Å². The van der Waals surface area contributed by atoms with Crippen LogP contribution in [0, 0.1) is 5.92 Å². The minimum atomic E-state index is 0.205. The first-order valence-corrected chi connectivity index (χ1v) is 6.14. The first-order valence-electron chi connectivity index (χ1n) is 6.14. The quantitative estimate of drug-likeness (QED) is 0.715. The van der Waals surface area contributed by atoms with Gasteiger partial charge in [0.1, 0.15) is 0 Å². The zero-order valence-corrected chi connectivity index (χ0v) is 9.70. The molecular formula is C12H16N4O. The number of rotatable bonds is 2. The molecule has 0 bridgehead atoms. The van der Waals surface area contributed by atoms with Gasteiger partial charge in [-0.05, 0) is 19.3 Å². The lowest BCUT2D eigenvalue weighted by Crippen LogP contribution is -2.52. The van der Waals surface area contributed by atoms with Crippen molar-refractivity contribution in [2.24, 2.45) is 5.92 Å². The molecule has 3 rings (SSSR count). The van der Waals surface area contributed by atoms with Crippen molar-refractivity contribution in [1.29, 1.82) is 0 Å². The first kappa shape index (κ1) is 10.5. The first-order chi connectivity index (χ1) is 8.34. The molecule has 1 aliphatic carbocycles. The number of carbonyl (C=O) groups is 1. The van der Waals surface area contributed by atoms with Crippen molar-refractivity contribution in [2.75, 3.05) is 13.1 Å². The number of allylic oxidation sites excluding steroid dienone is 2. The van der Waals surface area contributed by atoms with Gasteiger partial charge in [0.05, 0.1) is 12.2 Å². The van der Waals surface area contributed by atoms with E-state index in [0.717, 1.165) is 32.4 Å². The van der Waals surface area contributed by atoms with Crippen LogP contribution in [0.3, 0.4) is 0 Å². The summed E-state index contributed by atoms with van der Waals surface area (Å²) in [5.41, 5.74) is 0. The summed E-state index contributed by atoms with van der Waals surface area (Å²) in [6.45, 7) is 1.56. The number of amides is 1. The van der Waals surface area contributed by atoms with Crippen LogP contribution in [0.25, 0.3) is 0 Å². The number of aromatic nitrogens is 3. The lowest BCUT2D eigenvalue weighted by Gasteiger charge is -2.40. The summed E-state index contributed by atoms with van der Waals surface area (Å²) >= 11 is 0. The van der Waals surface area contributed by atoms with E-state index in [0.29, 0.717) is 11.9 Å². The Kier molecular flexibility index (Phi) is 2.66. The van der Waals surface area contributed by atoms with Gasteiger partial charge in [0.2, 0.25) is 5.91 Å². The Morgan fingerprint density at radius 3 is 2.82 bits per heavy atom. The molecule has 1 atom stereocenters. The van der Waals surface area contributed by atoms with E-state index < -0.39 is 0 Å². The highest BCUT2D eigenvalue weighted by molar-refractivity contribution is 5.80. The Labute approximate surface area is 100 Å². The maximum Gasteiger partial charge on any atom is 0.226 e. The molecule has 17 heavy (non-hydrogen) atoms. The van der Waals surface area contributed by atoms with Crippen molar-refractivity contribution in [1.82, 2.24) is 19.9 Å². The normalized spacial score (nSPS) is 24.7. The molecule has 0 aromatic carbocycles. The fourth-order valence-electron chi connectivity index (χ4n) is 2.49. The van der Waals surface area contributed by atoms with Gasteiger partial charge in [-0.15, -0.1) is 5.10 Å². The van der Waals surface area contributed by atoms with E-state index in [9.17, 15) is 4.79 Å². The van der Waals surface area contributed by atoms with E-state index in [1.165, 1.54) is 0 Å². The second-order valence-corrected chi connectivity index (χ2v) is 4.76. The maximum atomic E-state index is 12.1. The van der Waals surface area contributed by atoms with Gasteiger partial charge < -0.3 is 4.90 Å². The van der Waals surface area contributed by atoms with Gasteiger partial charge >= 0.3 is 0 Å².